The predicted molar refractivity (Wildman–Crippen MR) is 47.2 cm³/mol. The first kappa shape index (κ1) is 9.96. The maximum Gasteiger partial charge on any atom is 0.00435 e. The van der Waals surface area contributed by atoms with Gasteiger partial charge in [0.1, 0.15) is 0 Å². The van der Waals surface area contributed by atoms with Crippen molar-refractivity contribution in [1.82, 2.24) is 5.32 Å². The van der Waals surface area contributed by atoms with Crippen molar-refractivity contribution in [2.75, 3.05) is 6.54 Å². The number of rotatable bonds is 3. The SMILES string of the molecule is CCN[C@@H](C)CC(C)(C)C. The zero-order chi connectivity index (χ0) is 8.20. The maximum atomic E-state index is 3.40. The van der Waals surface area contributed by atoms with E-state index in [1.165, 1.54) is 6.42 Å². The molecular formula is C9H21N. The van der Waals surface area contributed by atoms with Crippen molar-refractivity contribution >= 4 is 0 Å². The number of hydrogen-bond donors (Lipinski definition) is 1. The molecule has 1 heteroatoms. The van der Waals surface area contributed by atoms with E-state index in [0.717, 1.165) is 6.54 Å². The summed E-state index contributed by atoms with van der Waals surface area (Å²) in [6, 6.07) is 0.657. The molecule has 0 aliphatic heterocycles. The summed E-state index contributed by atoms with van der Waals surface area (Å²) in [6.45, 7) is 12.3. The molecule has 1 nitrogen and oxygen atoms in total. The lowest BCUT2D eigenvalue weighted by atomic mass is 9.89. The van der Waals surface area contributed by atoms with Gasteiger partial charge in [0.2, 0.25) is 0 Å². The molecule has 0 heterocycles. The maximum absolute atomic E-state index is 3.40. The topological polar surface area (TPSA) is 12.0 Å². The minimum Gasteiger partial charge on any atom is -0.315 e. The Morgan fingerprint density at radius 2 is 1.80 bits per heavy atom. The summed E-state index contributed by atoms with van der Waals surface area (Å²) < 4.78 is 0. The van der Waals surface area contributed by atoms with Crippen molar-refractivity contribution < 1.29 is 0 Å². The summed E-state index contributed by atoms with van der Waals surface area (Å²) in [6.07, 6.45) is 1.25. The van der Waals surface area contributed by atoms with E-state index < -0.39 is 0 Å². The molecule has 0 aromatic carbocycles. The Hall–Kier alpha value is -0.0400. The van der Waals surface area contributed by atoms with E-state index in [1.54, 1.807) is 0 Å². The van der Waals surface area contributed by atoms with Crippen LogP contribution in [0.25, 0.3) is 0 Å². The minimum absolute atomic E-state index is 0.460. The Kier molecular flexibility index (Phi) is 3.95. The molecule has 1 N–H and O–H groups in total. The average Bonchev–Trinajstić information content (AvgIpc) is 1.59. The second kappa shape index (κ2) is 3.97. The lowest BCUT2D eigenvalue weighted by Crippen LogP contribution is -2.29. The molecular weight excluding hydrogens is 122 g/mol. The summed E-state index contributed by atoms with van der Waals surface area (Å²) in [4.78, 5) is 0. The number of hydrogen-bond acceptors (Lipinski definition) is 1. The summed E-state index contributed by atoms with van der Waals surface area (Å²) in [5, 5.41) is 3.40. The molecule has 0 fully saturated rings. The molecule has 0 aliphatic carbocycles. The van der Waals surface area contributed by atoms with Crippen LogP contribution in [-0.4, -0.2) is 12.6 Å². The third kappa shape index (κ3) is 6.09. The molecule has 0 radical (unpaired) electrons. The normalized spacial score (nSPS) is 15.3. The van der Waals surface area contributed by atoms with Crippen LogP contribution < -0.4 is 5.32 Å². The van der Waals surface area contributed by atoms with Gasteiger partial charge in [0.25, 0.3) is 0 Å². The van der Waals surface area contributed by atoms with Crippen LogP contribution in [0.2, 0.25) is 0 Å². The molecule has 0 spiro atoms. The van der Waals surface area contributed by atoms with Crippen molar-refractivity contribution in [2.45, 2.75) is 47.1 Å². The molecule has 0 amide bonds. The lowest BCUT2D eigenvalue weighted by Gasteiger charge is -2.23. The zero-order valence-corrected chi connectivity index (χ0v) is 7.99. The third-order valence-electron chi connectivity index (χ3n) is 1.47. The summed E-state index contributed by atoms with van der Waals surface area (Å²) >= 11 is 0. The predicted octanol–water partition coefficient (Wildman–Crippen LogP) is 2.42. The van der Waals surface area contributed by atoms with E-state index >= 15 is 0 Å². The number of nitrogens with one attached hydrogen (secondary N) is 1. The van der Waals surface area contributed by atoms with Crippen LogP contribution in [0.5, 0.6) is 0 Å². The van der Waals surface area contributed by atoms with Gasteiger partial charge in [-0.05, 0) is 25.3 Å². The van der Waals surface area contributed by atoms with Crippen LogP contribution in [0.15, 0.2) is 0 Å². The highest BCUT2D eigenvalue weighted by atomic mass is 14.9. The van der Waals surface area contributed by atoms with Gasteiger partial charge in [-0.15, -0.1) is 0 Å². The third-order valence-corrected chi connectivity index (χ3v) is 1.47. The molecule has 0 bridgehead atoms. The van der Waals surface area contributed by atoms with Crippen molar-refractivity contribution in [2.24, 2.45) is 5.41 Å². The van der Waals surface area contributed by atoms with Gasteiger partial charge in [-0.25, -0.2) is 0 Å². The monoisotopic (exact) mass is 143 g/mol. The summed E-state index contributed by atoms with van der Waals surface area (Å²) in [5.74, 6) is 0. The molecule has 0 saturated heterocycles. The van der Waals surface area contributed by atoms with Crippen LogP contribution in [0.1, 0.15) is 41.0 Å². The van der Waals surface area contributed by atoms with Gasteiger partial charge in [-0.1, -0.05) is 27.7 Å². The van der Waals surface area contributed by atoms with Gasteiger partial charge in [-0.2, -0.15) is 0 Å². The fourth-order valence-corrected chi connectivity index (χ4v) is 1.34. The highest BCUT2D eigenvalue weighted by molar-refractivity contribution is 4.69. The quantitative estimate of drug-likeness (QED) is 0.640. The van der Waals surface area contributed by atoms with Crippen LogP contribution in [0.3, 0.4) is 0 Å². The first-order valence-corrected chi connectivity index (χ1v) is 4.19. The van der Waals surface area contributed by atoms with Crippen LogP contribution in [0, 0.1) is 5.41 Å². The van der Waals surface area contributed by atoms with E-state index in [-0.39, 0.29) is 0 Å². The standard InChI is InChI=1S/C9H21N/c1-6-10-8(2)7-9(3,4)5/h8,10H,6-7H2,1-5H3/t8-/m0/s1. The Labute approximate surface area is 65.2 Å². The molecule has 0 rings (SSSR count). The van der Waals surface area contributed by atoms with E-state index in [4.69, 9.17) is 0 Å². The Morgan fingerprint density at radius 1 is 1.30 bits per heavy atom. The van der Waals surface area contributed by atoms with Crippen LogP contribution in [-0.2, 0) is 0 Å². The Balaban J connectivity index is 3.47. The first-order valence-electron chi connectivity index (χ1n) is 4.19. The summed E-state index contributed by atoms with van der Waals surface area (Å²) in [7, 11) is 0. The van der Waals surface area contributed by atoms with Crippen LogP contribution >= 0.6 is 0 Å². The van der Waals surface area contributed by atoms with Gasteiger partial charge < -0.3 is 5.32 Å². The minimum atomic E-state index is 0.460. The van der Waals surface area contributed by atoms with E-state index in [2.05, 4.69) is 39.9 Å². The van der Waals surface area contributed by atoms with Gasteiger partial charge >= 0.3 is 0 Å². The fraction of sp³-hybridized carbons (Fsp3) is 1.00. The molecule has 0 aromatic heterocycles. The van der Waals surface area contributed by atoms with Gasteiger partial charge in [0.05, 0.1) is 0 Å². The largest absolute Gasteiger partial charge is 0.315 e. The highest BCUT2D eigenvalue weighted by Crippen LogP contribution is 2.20. The Bertz CT molecular complexity index is 81.2. The van der Waals surface area contributed by atoms with Crippen LogP contribution in [0.4, 0.5) is 0 Å². The van der Waals surface area contributed by atoms with Gasteiger partial charge in [0, 0.05) is 6.04 Å². The highest BCUT2D eigenvalue weighted by Gasteiger charge is 2.13. The molecule has 10 heavy (non-hydrogen) atoms. The average molecular weight is 143 g/mol. The van der Waals surface area contributed by atoms with Crippen molar-refractivity contribution in [3.05, 3.63) is 0 Å². The van der Waals surface area contributed by atoms with Gasteiger partial charge in [0.15, 0.2) is 0 Å². The molecule has 0 aromatic rings. The molecule has 0 saturated carbocycles. The molecule has 0 aliphatic rings. The second-order valence-corrected chi connectivity index (χ2v) is 4.22. The fourth-order valence-electron chi connectivity index (χ4n) is 1.34. The molecule has 1 atom stereocenters. The zero-order valence-electron chi connectivity index (χ0n) is 7.99. The second-order valence-electron chi connectivity index (χ2n) is 4.22. The summed E-state index contributed by atoms with van der Waals surface area (Å²) in [5.41, 5.74) is 0.460. The van der Waals surface area contributed by atoms with Crippen molar-refractivity contribution in [3.63, 3.8) is 0 Å². The Morgan fingerprint density at radius 3 is 2.10 bits per heavy atom. The van der Waals surface area contributed by atoms with Crippen molar-refractivity contribution in [3.8, 4) is 0 Å². The van der Waals surface area contributed by atoms with E-state index in [1.807, 2.05) is 0 Å². The molecule has 0 unspecified atom stereocenters. The van der Waals surface area contributed by atoms with Crippen molar-refractivity contribution in [1.29, 1.82) is 0 Å². The lowest BCUT2D eigenvalue weighted by molar-refractivity contribution is 0.322. The van der Waals surface area contributed by atoms with Gasteiger partial charge in [-0.3, -0.25) is 0 Å². The van der Waals surface area contributed by atoms with E-state index in [0.29, 0.717) is 11.5 Å². The van der Waals surface area contributed by atoms with E-state index in [9.17, 15) is 0 Å². The smallest absolute Gasteiger partial charge is 0.00435 e. The molecule has 62 valence electrons. The first-order chi connectivity index (χ1) is 4.45.